The van der Waals surface area contributed by atoms with E-state index in [2.05, 4.69) is 11.0 Å². The molecule has 0 atom stereocenters. The number of aryl methyl sites for hydroxylation is 1. The van der Waals surface area contributed by atoms with E-state index in [9.17, 15) is 13.2 Å². The number of hydrazine groups is 2. The lowest BCUT2D eigenvalue weighted by molar-refractivity contribution is 0.146. The molecule has 0 radical (unpaired) electrons. The van der Waals surface area contributed by atoms with Gasteiger partial charge in [0, 0.05) is 5.54 Å². The molecule has 1 aliphatic heterocycles. The number of nitrogens with one attached hydrogen (secondary N) is 2. The number of alkyl halides is 2. The van der Waals surface area contributed by atoms with Gasteiger partial charge in [-0.15, -0.1) is 5.53 Å². The Bertz CT molecular complexity index is 543. The average molecular weight is 286 g/mol. The molecule has 4 nitrogen and oxygen atoms in total. The van der Waals surface area contributed by atoms with E-state index in [1.165, 1.54) is 18.0 Å². The van der Waals surface area contributed by atoms with Crippen LogP contribution in [0.2, 0.25) is 0 Å². The maximum atomic E-state index is 14.0. The summed E-state index contributed by atoms with van der Waals surface area (Å²) in [5.74, 6) is -0.853. The van der Waals surface area contributed by atoms with E-state index in [4.69, 9.17) is 5.73 Å². The molecular formula is C13H17F3N4. The standard InChI is InChI=1S/C13H17F3N4/c1-7-5-8-11(9(10(7)14)12(15)16)20(19-18-8)6-13(17)3-2-4-13/h5,12,18-19H,2-4,6,17H2,1H3. The normalized spacial score (nSPS) is 19.8. The third-order valence-electron chi connectivity index (χ3n) is 4.09. The molecule has 1 saturated carbocycles. The van der Waals surface area contributed by atoms with Gasteiger partial charge in [0.15, 0.2) is 0 Å². The van der Waals surface area contributed by atoms with E-state index in [-0.39, 0.29) is 11.3 Å². The van der Waals surface area contributed by atoms with Gasteiger partial charge in [-0.2, -0.15) is 0 Å². The molecule has 1 aromatic rings. The molecule has 7 heteroatoms. The Morgan fingerprint density at radius 3 is 2.70 bits per heavy atom. The minimum absolute atomic E-state index is 0.167. The molecule has 110 valence electrons. The molecule has 2 aliphatic rings. The second kappa shape index (κ2) is 4.53. The van der Waals surface area contributed by atoms with Gasteiger partial charge in [0.1, 0.15) is 5.82 Å². The van der Waals surface area contributed by atoms with E-state index in [0.29, 0.717) is 12.2 Å². The van der Waals surface area contributed by atoms with Crippen molar-refractivity contribution in [2.24, 2.45) is 5.73 Å². The summed E-state index contributed by atoms with van der Waals surface area (Å²) in [7, 11) is 0. The quantitative estimate of drug-likeness (QED) is 0.799. The number of benzene rings is 1. The van der Waals surface area contributed by atoms with E-state index in [1.54, 1.807) is 0 Å². The number of hydrogen-bond acceptors (Lipinski definition) is 4. The van der Waals surface area contributed by atoms with Crippen molar-refractivity contribution in [3.8, 4) is 0 Å². The Kier molecular flexibility index (Phi) is 3.06. The zero-order valence-electron chi connectivity index (χ0n) is 11.1. The largest absolute Gasteiger partial charge is 0.324 e. The Morgan fingerprint density at radius 2 is 2.15 bits per heavy atom. The Balaban J connectivity index is 2.00. The van der Waals surface area contributed by atoms with Crippen LogP contribution in [-0.2, 0) is 0 Å². The van der Waals surface area contributed by atoms with Crippen molar-refractivity contribution < 1.29 is 13.2 Å². The fourth-order valence-corrected chi connectivity index (χ4v) is 2.80. The van der Waals surface area contributed by atoms with Crippen molar-refractivity contribution in [1.82, 2.24) is 5.53 Å². The fraction of sp³-hybridized carbons (Fsp3) is 0.538. The van der Waals surface area contributed by atoms with Crippen molar-refractivity contribution in [3.05, 3.63) is 23.0 Å². The minimum Gasteiger partial charge on any atom is -0.324 e. The number of nitrogens with zero attached hydrogens (tertiary/aromatic N) is 1. The third kappa shape index (κ3) is 2.01. The smallest absolute Gasteiger partial charge is 0.268 e. The lowest BCUT2D eigenvalue weighted by Gasteiger charge is -2.41. The number of anilines is 2. The van der Waals surface area contributed by atoms with Crippen LogP contribution in [0.15, 0.2) is 6.07 Å². The summed E-state index contributed by atoms with van der Waals surface area (Å²) < 4.78 is 40.4. The highest BCUT2D eigenvalue weighted by Gasteiger charge is 2.38. The van der Waals surface area contributed by atoms with E-state index < -0.39 is 23.3 Å². The predicted octanol–water partition coefficient (Wildman–Crippen LogP) is 2.60. The van der Waals surface area contributed by atoms with Crippen molar-refractivity contribution >= 4 is 11.4 Å². The van der Waals surface area contributed by atoms with Gasteiger partial charge in [-0.3, -0.25) is 5.01 Å². The molecule has 1 aliphatic carbocycles. The van der Waals surface area contributed by atoms with Crippen molar-refractivity contribution in [1.29, 1.82) is 0 Å². The van der Waals surface area contributed by atoms with Gasteiger partial charge in [0.2, 0.25) is 0 Å². The molecule has 20 heavy (non-hydrogen) atoms. The molecule has 1 heterocycles. The molecule has 1 fully saturated rings. The predicted molar refractivity (Wildman–Crippen MR) is 71.0 cm³/mol. The lowest BCUT2D eigenvalue weighted by atomic mass is 9.77. The molecule has 0 bridgehead atoms. The zero-order chi connectivity index (χ0) is 14.5. The first-order chi connectivity index (χ1) is 9.41. The first-order valence-corrected chi connectivity index (χ1v) is 6.60. The fourth-order valence-electron chi connectivity index (χ4n) is 2.80. The first kappa shape index (κ1) is 13.5. The summed E-state index contributed by atoms with van der Waals surface area (Å²) in [6.07, 6.45) is -0.144. The van der Waals surface area contributed by atoms with Crippen LogP contribution in [0.5, 0.6) is 0 Å². The molecule has 1 aromatic carbocycles. The van der Waals surface area contributed by atoms with Gasteiger partial charge in [0.25, 0.3) is 6.43 Å². The molecule has 0 saturated heterocycles. The first-order valence-electron chi connectivity index (χ1n) is 6.60. The van der Waals surface area contributed by atoms with Crippen LogP contribution in [0, 0.1) is 12.7 Å². The van der Waals surface area contributed by atoms with Gasteiger partial charge in [-0.05, 0) is 37.8 Å². The monoisotopic (exact) mass is 286 g/mol. The molecule has 0 aromatic heterocycles. The van der Waals surface area contributed by atoms with Crippen LogP contribution in [0.4, 0.5) is 24.5 Å². The third-order valence-corrected chi connectivity index (χ3v) is 4.09. The highest BCUT2D eigenvalue weighted by molar-refractivity contribution is 5.78. The minimum atomic E-state index is -2.87. The summed E-state index contributed by atoms with van der Waals surface area (Å²) in [4.78, 5) is 0. The van der Waals surface area contributed by atoms with Crippen LogP contribution in [0.1, 0.15) is 36.8 Å². The van der Waals surface area contributed by atoms with Crippen molar-refractivity contribution in [2.75, 3.05) is 17.0 Å². The number of rotatable bonds is 3. The number of halogens is 3. The second-order valence-corrected chi connectivity index (χ2v) is 5.66. The van der Waals surface area contributed by atoms with E-state index >= 15 is 0 Å². The molecule has 3 rings (SSSR count). The summed E-state index contributed by atoms with van der Waals surface area (Å²) in [5.41, 5.74) is 11.6. The van der Waals surface area contributed by atoms with Crippen LogP contribution in [-0.4, -0.2) is 12.1 Å². The maximum Gasteiger partial charge on any atom is 0.268 e. The van der Waals surface area contributed by atoms with Gasteiger partial charge in [0.05, 0.1) is 23.5 Å². The summed E-state index contributed by atoms with van der Waals surface area (Å²) >= 11 is 0. The van der Waals surface area contributed by atoms with Crippen molar-refractivity contribution in [2.45, 2.75) is 38.2 Å². The van der Waals surface area contributed by atoms with E-state index in [1.807, 2.05) is 0 Å². The highest BCUT2D eigenvalue weighted by atomic mass is 19.3. The SMILES string of the molecule is Cc1cc2c(c(C(F)F)c1F)N(CC1(N)CCC1)NN2. The zero-order valence-corrected chi connectivity index (χ0v) is 11.1. The molecule has 0 unspecified atom stereocenters. The summed E-state index contributed by atoms with van der Waals surface area (Å²) in [6.45, 7) is 1.84. The van der Waals surface area contributed by atoms with Crippen LogP contribution in [0.25, 0.3) is 0 Å². The number of nitrogens with two attached hydrogens (primary N) is 1. The Morgan fingerprint density at radius 1 is 1.45 bits per heavy atom. The Hall–Kier alpha value is -1.47. The van der Waals surface area contributed by atoms with Crippen molar-refractivity contribution in [3.63, 3.8) is 0 Å². The summed E-state index contributed by atoms with van der Waals surface area (Å²) in [5, 5.41) is 1.50. The second-order valence-electron chi connectivity index (χ2n) is 5.66. The van der Waals surface area contributed by atoms with Crippen LogP contribution < -0.4 is 21.7 Å². The lowest BCUT2D eigenvalue weighted by Crippen LogP contribution is -2.57. The van der Waals surface area contributed by atoms with Gasteiger partial charge < -0.3 is 11.2 Å². The average Bonchev–Trinajstić information content (AvgIpc) is 2.71. The highest BCUT2D eigenvalue weighted by Crippen LogP contribution is 2.42. The molecule has 4 N–H and O–H groups in total. The molecule has 0 amide bonds. The number of hydrogen-bond donors (Lipinski definition) is 3. The van der Waals surface area contributed by atoms with Gasteiger partial charge in [-0.25, -0.2) is 13.2 Å². The maximum absolute atomic E-state index is 14.0. The Labute approximate surface area is 115 Å². The van der Waals surface area contributed by atoms with Gasteiger partial charge >= 0.3 is 0 Å². The van der Waals surface area contributed by atoms with Gasteiger partial charge in [-0.1, -0.05) is 0 Å². The van der Waals surface area contributed by atoms with E-state index in [0.717, 1.165) is 19.3 Å². The summed E-state index contributed by atoms with van der Waals surface area (Å²) in [6, 6.07) is 1.52. The molecule has 0 spiro atoms. The van der Waals surface area contributed by atoms with Crippen LogP contribution >= 0.6 is 0 Å². The number of fused-ring (bicyclic) bond motifs is 1. The topological polar surface area (TPSA) is 53.3 Å². The molecular weight excluding hydrogens is 269 g/mol. The van der Waals surface area contributed by atoms with Crippen LogP contribution in [0.3, 0.4) is 0 Å².